The molecule has 0 amide bonds. The molecule has 0 unspecified atom stereocenters. The molecular formula is C17H23NO5. The van der Waals surface area contributed by atoms with E-state index >= 15 is 0 Å². The first kappa shape index (κ1) is 17.3. The topological polar surface area (TPSA) is 58.9 Å². The third kappa shape index (κ3) is 3.65. The fourth-order valence-corrected chi connectivity index (χ4v) is 2.60. The maximum atomic E-state index is 11.4. The number of carbonyl (C=O) groups excluding carboxylic acids is 1. The highest BCUT2D eigenvalue weighted by Gasteiger charge is 2.18. The van der Waals surface area contributed by atoms with E-state index in [9.17, 15) is 4.79 Å². The fraction of sp³-hybridized carbons (Fsp3) is 0.471. The molecule has 6 nitrogen and oxygen atoms in total. The summed E-state index contributed by atoms with van der Waals surface area (Å²) >= 11 is 0. The van der Waals surface area contributed by atoms with Crippen molar-refractivity contribution in [3.8, 4) is 11.5 Å². The van der Waals surface area contributed by atoms with Gasteiger partial charge in [-0.3, -0.25) is 4.79 Å². The zero-order valence-corrected chi connectivity index (χ0v) is 14.0. The molecule has 0 aliphatic rings. The summed E-state index contributed by atoms with van der Waals surface area (Å²) in [6.07, 6.45) is 2.23. The van der Waals surface area contributed by atoms with Crippen LogP contribution in [0.3, 0.4) is 0 Å². The largest absolute Gasteiger partial charge is 0.497 e. The Balaban J connectivity index is 2.52. The van der Waals surface area contributed by atoms with Crippen LogP contribution < -0.4 is 9.47 Å². The number of hydrogen-bond acceptors (Lipinski definition) is 5. The van der Waals surface area contributed by atoms with Gasteiger partial charge in [-0.2, -0.15) is 0 Å². The molecule has 0 aliphatic heterocycles. The third-order valence-corrected chi connectivity index (χ3v) is 3.58. The second kappa shape index (κ2) is 7.99. The van der Waals surface area contributed by atoms with Crippen LogP contribution in [-0.4, -0.2) is 44.6 Å². The molecule has 0 aliphatic carbocycles. The van der Waals surface area contributed by atoms with Crippen LogP contribution in [0.15, 0.2) is 18.3 Å². The minimum atomic E-state index is -0.378. The summed E-state index contributed by atoms with van der Waals surface area (Å²) in [4.78, 5) is 11.4. The van der Waals surface area contributed by atoms with Gasteiger partial charge >= 0.3 is 0 Å². The van der Waals surface area contributed by atoms with E-state index in [1.807, 2.05) is 24.5 Å². The van der Waals surface area contributed by atoms with E-state index in [4.69, 9.17) is 18.9 Å². The van der Waals surface area contributed by atoms with Gasteiger partial charge in [-0.25, -0.2) is 0 Å². The van der Waals surface area contributed by atoms with E-state index in [0.717, 1.165) is 17.2 Å². The molecule has 23 heavy (non-hydrogen) atoms. The summed E-state index contributed by atoms with van der Waals surface area (Å²) < 4.78 is 23.9. The van der Waals surface area contributed by atoms with Crippen LogP contribution in [0, 0.1) is 0 Å². The number of aromatic nitrogens is 1. The van der Waals surface area contributed by atoms with Crippen molar-refractivity contribution in [2.75, 3.05) is 27.4 Å². The van der Waals surface area contributed by atoms with E-state index in [1.165, 1.54) is 0 Å². The highest BCUT2D eigenvalue weighted by molar-refractivity contribution is 6.02. The van der Waals surface area contributed by atoms with Gasteiger partial charge in [0.15, 0.2) is 12.6 Å². The van der Waals surface area contributed by atoms with E-state index in [-0.39, 0.29) is 6.29 Å². The summed E-state index contributed by atoms with van der Waals surface area (Å²) in [5.41, 5.74) is 1.40. The predicted molar refractivity (Wildman–Crippen MR) is 87.5 cm³/mol. The molecule has 0 saturated carbocycles. The van der Waals surface area contributed by atoms with Gasteiger partial charge in [0.25, 0.3) is 0 Å². The van der Waals surface area contributed by atoms with Crippen LogP contribution in [0.4, 0.5) is 0 Å². The summed E-state index contributed by atoms with van der Waals surface area (Å²) in [7, 11) is 3.17. The highest BCUT2D eigenvalue weighted by atomic mass is 16.7. The number of rotatable bonds is 9. The molecule has 0 bridgehead atoms. The monoisotopic (exact) mass is 321 g/mol. The Labute approximate surface area is 135 Å². The van der Waals surface area contributed by atoms with Crippen LogP contribution in [0.25, 0.3) is 10.9 Å². The lowest BCUT2D eigenvalue weighted by molar-refractivity contribution is -0.143. The first-order chi connectivity index (χ1) is 11.2. The van der Waals surface area contributed by atoms with Crippen LogP contribution in [0.1, 0.15) is 24.2 Å². The molecule has 0 spiro atoms. The average Bonchev–Trinajstić information content (AvgIpc) is 2.92. The molecular weight excluding hydrogens is 298 g/mol. The Kier molecular flexibility index (Phi) is 6.01. The molecule has 0 fully saturated rings. The Morgan fingerprint density at radius 1 is 1.13 bits per heavy atom. The van der Waals surface area contributed by atoms with Crippen LogP contribution in [-0.2, 0) is 16.0 Å². The lowest BCUT2D eigenvalue weighted by Crippen LogP contribution is -2.23. The summed E-state index contributed by atoms with van der Waals surface area (Å²) in [6.45, 7) is 5.42. The number of fused-ring (bicyclic) bond motifs is 1. The van der Waals surface area contributed by atoms with Gasteiger partial charge in [-0.1, -0.05) is 0 Å². The first-order valence-electron chi connectivity index (χ1n) is 7.61. The van der Waals surface area contributed by atoms with Gasteiger partial charge < -0.3 is 23.5 Å². The van der Waals surface area contributed by atoms with Crippen molar-refractivity contribution in [3.63, 3.8) is 0 Å². The maximum Gasteiger partial charge on any atom is 0.175 e. The zero-order chi connectivity index (χ0) is 16.8. The Morgan fingerprint density at radius 3 is 2.35 bits per heavy atom. The third-order valence-electron chi connectivity index (χ3n) is 3.58. The van der Waals surface area contributed by atoms with Gasteiger partial charge in [-0.15, -0.1) is 0 Å². The van der Waals surface area contributed by atoms with Crippen molar-refractivity contribution in [3.05, 3.63) is 23.9 Å². The molecule has 0 atom stereocenters. The van der Waals surface area contributed by atoms with Crippen molar-refractivity contribution < 1.29 is 23.7 Å². The molecule has 1 aromatic carbocycles. The minimum absolute atomic E-state index is 0.378. The zero-order valence-electron chi connectivity index (χ0n) is 14.0. The van der Waals surface area contributed by atoms with Gasteiger partial charge in [0, 0.05) is 37.1 Å². The molecule has 0 radical (unpaired) electrons. The average molecular weight is 321 g/mol. The number of benzene rings is 1. The molecule has 1 aromatic heterocycles. The van der Waals surface area contributed by atoms with Crippen LogP contribution in [0.2, 0.25) is 0 Å². The first-order valence-corrected chi connectivity index (χ1v) is 7.61. The Morgan fingerprint density at radius 2 is 1.83 bits per heavy atom. The van der Waals surface area contributed by atoms with Crippen molar-refractivity contribution in [2.24, 2.45) is 0 Å². The van der Waals surface area contributed by atoms with Crippen LogP contribution >= 0.6 is 0 Å². The number of methoxy groups -OCH3 is 2. The Hall–Kier alpha value is -2.05. The smallest absolute Gasteiger partial charge is 0.175 e. The SMILES string of the molecule is CCOC(Cn1cc(C=O)c2c(OC)cc(OC)cc21)OCC. The predicted octanol–water partition coefficient (Wildman–Crippen LogP) is 2.87. The molecule has 126 valence electrons. The normalized spacial score (nSPS) is 11.2. The summed E-state index contributed by atoms with van der Waals surface area (Å²) in [5.74, 6) is 1.26. The van der Waals surface area contributed by atoms with Crippen molar-refractivity contribution in [2.45, 2.75) is 26.7 Å². The van der Waals surface area contributed by atoms with Gasteiger partial charge in [0.05, 0.1) is 31.7 Å². The number of hydrogen-bond donors (Lipinski definition) is 0. The molecule has 6 heteroatoms. The molecule has 0 saturated heterocycles. The molecule has 0 N–H and O–H groups in total. The van der Waals surface area contributed by atoms with Crippen molar-refractivity contribution in [1.29, 1.82) is 0 Å². The maximum absolute atomic E-state index is 11.4. The number of carbonyl (C=O) groups is 1. The Bertz CT molecular complexity index is 659. The molecule has 2 rings (SSSR count). The highest BCUT2D eigenvalue weighted by Crippen LogP contribution is 2.34. The van der Waals surface area contributed by atoms with E-state index in [1.54, 1.807) is 26.5 Å². The van der Waals surface area contributed by atoms with Gasteiger partial charge in [0.2, 0.25) is 0 Å². The van der Waals surface area contributed by atoms with Crippen molar-refractivity contribution >= 4 is 17.2 Å². The van der Waals surface area contributed by atoms with E-state index in [0.29, 0.717) is 36.8 Å². The molecule has 1 heterocycles. The van der Waals surface area contributed by atoms with E-state index in [2.05, 4.69) is 0 Å². The van der Waals surface area contributed by atoms with Gasteiger partial charge in [0.1, 0.15) is 11.5 Å². The number of nitrogens with zero attached hydrogens (tertiary/aromatic N) is 1. The van der Waals surface area contributed by atoms with Crippen LogP contribution in [0.5, 0.6) is 11.5 Å². The molecule has 2 aromatic rings. The van der Waals surface area contributed by atoms with Gasteiger partial charge in [-0.05, 0) is 13.8 Å². The summed E-state index contributed by atoms with van der Waals surface area (Å²) in [6, 6.07) is 3.64. The second-order valence-corrected chi connectivity index (χ2v) is 4.92. The standard InChI is InChI=1S/C17H23NO5/c1-5-22-16(23-6-2)10-18-9-12(11-19)17-14(18)7-13(20-3)8-15(17)21-4/h7-9,11,16H,5-6,10H2,1-4H3. The second-order valence-electron chi connectivity index (χ2n) is 4.92. The van der Waals surface area contributed by atoms with Crippen molar-refractivity contribution in [1.82, 2.24) is 4.57 Å². The minimum Gasteiger partial charge on any atom is -0.497 e. The van der Waals surface area contributed by atoms with E-state index < -0.39 is 0 Å². The fourth-order valence-electron chi connectivity index (χ4n) is 2.60. The summed E-state index contributed by atoms with van der Waals surface area (Å²) in [5, 5.41) is 0.759. The lowest BCUT2D eigenvalue weighted by atomic mass is 10.1. The number of ether oxygens (including phenoxy) is 4. The quantitative estimate of drug-likeness (QED) is 0.525. The number of aldehydes is 1. The lowest BCUT2D eigenvalue weighted by Gasteiger charge is -2.18.